The fourth-order valence-electron chi connectivity index (χ4n) is 1.15. The maximum Gasteiger partial charge on any atom is 0.184 e. The van der Waals surface area contributed by atoms with Gasteiger partial charge in [0.25, 0.3) is 0 Å². The average molecular weight is 274 g/mol. The second-order valence-electron chi connectivity index (χ2n) is 2.96. The van der Waals surface area contributed by atoms with Gasteiger partial charge in [-0.3, -0.25) is 5.43 Å². The molecule has 17 heavy (non-hydrogen) atoms. The highest BCUT2D eigenvalue weighted by molar-refractivity contribution is 7.80. The van der Waals surface area contributed by atoms with Crippen LogP contribution in [0.15, 0.2) is 17.2 Å². The van der Waals surface area contributed by atoms with Crippen LogP contribution in [0.4, 0.5) is 0 Å². The summed E-state index contributed by atoms with van der Waals surface area (Å²) in [6, 6.07) is 3.34. The van der Waals surface area contributed by atoms with Crippen LogP contribution in [0.2, 0.25) is 5.02 Å². The van der Waals surface area contributed by atoms with Crippen molar-refractivity contribution in [3.63, 3.8) is 0 Å². The Labute approximate surface area is 110 Å². The van der Waals surface area contributed by atoms with Gasteiger partial charge in [-0.1, -0.05) is 11.6 Å². The van der Waals surface area contributed by atoms with E-state index in [1.165, 1.54) is 13.3 Å². The van der Waals surface area contributed by atoms with E-state index in [2.05, 4.69) is 22.7 Å². The Morgan fingerprint density at radius 2 is 2.06 bits per heavy atom. The van der Waals surface area contributed by atoms with E-state index in [0.717, 1.165) is 0 Å². The number of hydrazone groups is 1. The van der Waals surface area contributed by atoms with Crippen molar-refractivity contribution in [2.75, 3.05) is 14.2 Å². The summed E-state index contributed by atoms with van der Waals surface area (Å²) in [4.78, 5) is 0. The van der Waals surface area contributed by atoms with E-state index in [0.29, 0.717) is 22.1 Å². The Bertz CT molecular complexity index is 451. The van der Waals surface area contributed by atoms with Crippen LogP contribution in [0.5, 0.6) is 11.5 Å². The second kappa shape index (κ2) is 6.27. The normalized spacial score (nSPS) is 10.3. The molecule has 0 aliphatic carbocycles. The summed E-state index contributed by atoms with van der Waals surface area (Å²) in [5, 5.41) is 4.37. The lowest BCUT2D eigenvalue weighted by molar-refractivity contribution is 0.394. The molecule has 0 fully saturated rings. The standard InChI is InChI=1S/C10H12ClN3O2S/c1-15-8-4-9(16-2)7(11)3-6(8)5-13-14-10(12)17/h3-5H,1-2H3,(H3,12,14,17). The predicted molar refractivity (Wildman–Crippen MR) is 72.1 cm³/mol. The maximum absolute atomic E-state index is 5.99. The number of methoxy groups -OCH3 is 2. The van der Waals surface area contributed by atoms with Gasteiger partial charge in [0.1, 0.15) is 11.5 Å². The van der Waals surface area contributed by atoms with Crippen molar-refractivity contribution >= 4 is 35.1 Å². The number of rotatable bonds is 4. The van der Waals surface area contributed by atoms with E-state index in [1.807, 2.05) is 0 Å². The topological polar surface area (TPSA) is 68.9 Å². The molecular formula is C10H12ClN3O2S. The number of nitrogens with one attached hydrogen (secondary N) is 1. The van der Waals surface area contributed by atoms with Gasteiger partial charge >= 0.3 is 0 Å². The molecule has 0 heterocycles. The molecule has 0 radical (unpaired) electrons. The lowest BCUT2D eigenvalue weighted by Crippen LogP contribution is -2.24. The largest absolute Gasteiger partial charge is 0.496 e. The molecule has 1 aromatic carbocycles. The smallest absolute Gasteiger partial charge is 0.184 e. The molecule has 7 heteroatoms. The first-order valence-corrected chi connectivity index (χ1v) is 5.37. The van der Waals surface area contributed by atoms with E-state index < -0.39 is 0 Å². The van der Waals surface area contributed by atoms with Crippen LogP contribution in [0.1, 0.15) is 5.56 Å². The summed E-state index contributed by atoms with van der Waals surface area (Å²) in [6.07, 6.45) is 1.50. The van der Waals surface area contributed by atoms with Gasteiger partial charge in [-0.25, -0.2) is 0 Å². The predicted octanol–water partition coefficient (Wildman–Crippen LogP) is 1.52. The Balaban J connectivity index is 3.02. The Morgan fingerprint density at radius 1 is 1.41 bits per heavy atom. The molecule has 0 spiro atoms. The summed E-state index contributed by atoms with van der Waals surface area (Å²) in [5.74, 6) is 1.11. The van der Waals surface area contributed by atoms with Crippen LogP contribution >= 0.6 is 23.8 Å². The summed E-state index contributed by atoms with van der Waals surface area (Å²) >= 11 is 10.6. The molecule has 1 rings (SSSR count). The zero-order valence-corrected chi connectivity index (χ0v) is 10.9. The number of benzene rings is 1. The summed E-state index contributed by atoms with van der Waals surface area (Å²) < 4.78 is 10.3. The molecule has 0 saturated carbocycles. The molecule has 3 N–H and O–H groups in total. The first-order chi connectivity index (χ1) is 8.08. The maximum atomic E-state index is 5.99. The van der Waals surface area contributed by atoms with Crippen molar-refractivity contribution in [2.45, 2.75) is 0 Å². The number of halogens is 1. The third kappa shape index (κ3) is 3.76. The Hall–Kier alpha value is -1.53. The number of hydrogen-bond donors (Lipinski definition) is 2. The highest BCUT2D eigenvalue weighted by Crippen LogP contribution is 2.31. The minimum Gasteiger partial charge on any atom is -0.496 e. The summed E-state index contributed by atoms with van der Waals surface area (Å²) in [7, 11) is 3.07. The average Bonchev–Trinajstić information content (AvgIpc) is 2.29. The lowest BCUT2D eigenvalue weighted by atomic mass is 10.2. The van der Waals surface area contributed by atoms with Crippen molar-refractivity contribution in [3.8, 4) is 11.5 Å². The third-order valence-corrected chi connectivity index (χ3v) is 2.27. The first kappa shape index (κ1) is 13.5. The molecular weight excluding hydrogens is 262 g/mol. The number of ether oxygens (including phenoxy) is 2. The highest BCUT2D eigenvalue weighted by Gasteiger charge is 2.08. The summed E-state index contributed by atoms with van der Waals surface area (Å²) in [5.41, 5.74) is 8.36. The number of nitrogens with zero attached hydrogens (tertiary/aromatic N) is 1. The number of thiocarbonyl (C=S) groups is 1. The second-order valence-corrected chi connectivity index (χ2v) is 3.81. The molecule has 0 bridgehead atoms. The van der Waals surface area contributed by atoms with Crippen LogP contribution in [-0.4, -0.2) is 25.5 Å². The van der Waals surface area contributed by atoms with Crippen LogP contribution in [-0.2, 0) is 0 Å². The molecule has 0 saturated heterocycles. The van der Waals surface area contributed by atoms with Crippen LogP contribution in [0.3, 0.4) is 0 Å². The third-order valence-electron chi connectivity index (χ3n) is 1.88. The molecule has 1 aromatic rings. The van der Waals surface area contributed by atoms with Crippen LogP contribution < -0.4 is 20.6 Å². The molecule has 0 aliphatic rings. The van der Waals surface area contributed by atoms with Gasteiger partial charge in [-0.05, 0) is 18.3 Å². The lowest BCUT2D eigenvalue weighted by Gasteiger charge is -2.09. The van der Waals surface area contributed by atoms with Gasteiger partial charge in [-0.2, -0.15) is 5.10 Å². The monoisotopic (exact) mass is 273 g/mol. The minimum atomic E-state index is 0.0832. The molecule has 92 valence electrons. The van der Waals surface area contributed by atoms with Gasteiger partial charge in [0.15, 0.2) is 5.11 Å². The van der Waals surface area contributed by atoms with Gasteiger partial charge in [-0.15, -0.1) is 0 Å². The van der Waals surface area contributed by atoms with Crippen molar-refractivity contribution in [1.82, 2.24) is 5.43 Å². The molecule has 5 nitrogen and oxygen atoms in total. The van der Waals surface area contributed by atoms with E-state index in [-0.39, 0.29) is 5.11 Å². The Kier molecular flexibility index (Phi) is 4.99. The Morgan fingerprint density at radius 3 is 2.59 bits per heavy atom. The van der Waals surface area contributed by atoms with Gasteiger partial charge < -0.3 is 15.2 Å². The molecule has 0 amide bonds. The van der Waals surface area contributed by atoms with E-state index >= 15 is 0 Å². The fraction of sp³-hybridized carbons (Fsp3) is 0.200. The van der Waals surface area contributed by atoms with Crippen molar-refractivity contribution in [1.29, 1.82) is 0 Å². The van der Waals surface area contributed by atoms with Gasteiger partial charge in [0, 0.05) is 11.6 Å². The van der Waals surface area contributed by atoms with E-state index in [1.54, 1.807) is 19.2 Å². The molecule has 0 aliphatic heterocycles. The summed E-state index contributed by atoms with van der Waals surface area (Å²) in [6.45, 7) is 0. The quantitative estimate of drug-likeness (QED) is 0.495. The minimum absolute atomic E-state index is 0.0832. The van der Waals surface area contributed by atoms with Gasteiger partial charge in [0.2, 0.25) is 0 Å². The van der Waals surface area contributed by atoms with E-state index in [9.17, 15) is 0 Å². The van der Waals surface area contributed by atoms with Crippen LogP contribution in [0.25, 0.3) is 0 Å². The van der Waals surface area contributed by atoms with Crippen molar-refractivity contribution < 1.29 is 9.47 Å². The van der Waals surface area contributed by atoms with E-state index in [4.69, 9.17) is 26.8 Å². The SMILES string of the molecule is COc1cc(OC)c(C=NNC(N)=S)cc1Cl. The molecule has 0 aromatic heterocycles. The zero-order chi connectivity index (χ0) is 12.8. The van der Waals surface area contributed by atoms with Crippen molar-refractivity contribution in [3.05, 3.63) is 22.7 Å². The van der Waals surface area contributed by atoms with Crippen molar-refractivity contribution in [2.24, 2.45) is 10.8 Å². The number of nitrogens with two attached hydrogens (primary N) is 1. The number of hydrogen-bond acceptors (Lipinski definition) is 4. The van der Waals surface area contributed by atoms with Crippen LogP contribution in [0, 0.1) is 0 Å². The highest BCUT2D eigenvalue weighted by atomic mass is 35.5. The van der Waals surface area contributed by atoms with Gasteiger partial charge in [0.05, 0.1) is 25.5 Å². The first-order valence-electron chi connectivity index (χ1n) is 4.58. The molecule has 0 unspecified atom stereocenters. The fourth-order valence-corrected chi connectivity index (χ4v) is 1.45. The zero-order valence-electron chi connectivity index (χ0n) is 9.36. The molecule has 0 atom stereocenters.